The van der Waals surface area contributed by atoms with Crippen molar-refractivity contribution in [1.82, 2.24) is 4.98 Å². The molecule has 0 amide bonds. The molecule has 0 saturated heterocycles. The van der Waals surface area contributed by atoms with E-state index in [0.717, 1.165) is 0 Å². The van der Waals surface area contributed by atoms with Crippen molar-refractivity contribution in [2.75, 3.05) is 17.6 Å². The van der Waals surface area contributed by atoms with Gasteiger partial charge < -0.3 is 22.5 Å². The zero-order valence-corrected chi connectivity index (χ0v) is 8.88. The van der Waals surface area contributed by atoms with Crippen LogP contribution in [0, 0.1) is 15.5 Å². The average Bonchev–Trinajstić information content (AvgIpc) is 2.25. The third-order valence-corrected chi connectivity index (χ3v) is 2.00. The van der Waals surface area contributed by atoms with Gasteiger partial charge >= 0.3 is 5.69 Å². The van der Waals surface area contributed by atoms with Crippen molar-refractivity contribution in [2.24, 2.45) is 11.5 Å². The minimum absolute atomic E-state index is 0.160. The molecule has 1 aromatic heterocycles. The van der Waals surface area contributed by atoms with Gasteiger partial charge in [-0.05, 0) is 6.07 Å². The van der Waals surface area contributed by atoms with E-state index in [2.05, 4.69) is 10.3 Å². The normalized spacial score (nSPS) is 11.8. The molecular weight excluding hydrogens is 226 g/mol. The summed E-state index contributed by atoms with van der Waals surface area (Å²) in [6, 6.07) is 2.00. The summed E-state index contributed by atoms with van der Waals surface area (Å²) < 4.78 is 0. The Labute approximate surface area is 96.7 Å². The Bertz CT molecular complexity index is 447. The van der Waals surface area contributed by atoms with Crippen molar-refractivity contribution in [1.29, 1.82) is 5.41 Å². The number of nitrogens with one attached hydrogen (secondary N) is 2. The summed E-state index contributed by atoms with van der Waals surface area (Å²) in [4.78, 5) is 13.7. The van der Waals surface area contributed by atoms with Gasteiger partial charge in [0.05, 0.1) is 11.0 Å². The van der Waals surface area contributed by atoms with Crippen LogP contribution in [-0.4, -0.2) is 28.3 Å². The standard InChI is InChI=1S/C8H13N7O2/c9-4(7(10)11)3-13-6-2-1-5(15(16)17)8(12)14-6/h1-2,4H,3,9H2,(H3,10,11)(H3,12,13,14). The van der Waals surface area contributed by atoms with E-state index in [1.807, 2.05) is 0 Å². The highest BCUT2D eigenvalue weighted by atomic mass is 16.6. The minimum Gasteiger partial charge on any atom is -0.386 e. The predicted octanol–water partition coefficient (Wildman–Crippen LogP) is -0.753. The van der Waals surface area contributed by atoms with Crippen LogP contribution >= 0.6 is 0 Å². The molecular formula is C8H13N7O2. The number of nitrogen functional groups attached to an aromatic ring is 1. The Hall–Kier alpha value is -2.42. The summed E-state index contributed by atoms with van der Waals surface area (Å²) in [7, 11) is 0. The van der Waals surface area contributed by atoms with E-state index in [1.54, 1.807) is 0 Å². The van der Waals surface area contributed by atoms with Crippen LogP contribution in [-0.2, 0) is 0 Å². The minimum atomic E-state index is -0.645. The second kappa shape index (κ2) is 5.07. The van der Waals surface area contributed by atoms with E-state index in [1.165, 1.54) is 12.1 Å². The Morgan fingerprint density at radius 1 is 1.65 bits per heavy atom. The molecule has 0 bridgehead atoms. The average molecular weight is 239 g/mol. The number of hydrogen-bond acceptors (Lipinski definition) is 7. The monoisotopic (exact) mass is 239 g/mol. The maximum atomic E-state index is 10.5. The number of nitrogens with zero attached hydrogens (tertiary/aromatic N) is 2. The maximum Gasteiger partial charge on any atom is 0.311 e. The van der Waals surface area contributed by atoms with Crippen molar-refractivity contribution < 1.29 is 4.92 Å². The SMILES string of the molecule is N=C(N)C(N)CNc1ccc([N+](=O)[O-])c(N)n1. The van der Waals surface area contributed by atoms with E-state index in [4.69, 9.17) is 22.6 Å². The number of rotatable bonds is 5. The zero-order valence-electron chi connectivity index (χ0n) is 8.88. The Morgan fingerprint density at radius 2 is 2.29 bits per heavy atom. The highest BCUT2D eigenvalue weighted by Crippen LogP contribution is 2.20. The molecule has 92 valence electrons. The molecule has 0 radical (unpaired) electrons. The Morgan fingerprint density at radius 3 is 2.76 bits per heavy atom. The van der Waals surface area contributed by atoms with Crippen LogP contribution in [0.15, 0.2) is 12.1 Å². The topological polar surface area (TPSA) is 170 Å². The molecule has 0 aliphatic heterocycles. The molecule has 1 unspecified atom stereocenters. The molecule has 0 aromatic carbocycles. The van der Waals surface area contributed by atoms with Gasteiger partial charge in [0.2, 0.25) is 5.82 Å². The smallest absolute Gasteiger partial charge is 0.311 e. The van der Waals surface area contributed by atoms with Gasteiger partial charge in [0.25, 0.3) is 0 Å². The van der Waals surface area contributed by atoms with Gasteiger partial charge in [-0.15, -0.1) is 0 Å². The highest BCUT2D eigenvalue weighted by Gasteiger charge is 2.13. The number of nitro groups is 1. The fourth-order valence-corrected chi connectivity index (χ4v) is 1.04. The van der Waals surface area contributed by atoms with E-state index in [-0.39, 0.29) is 23.9 Å². The van der Waals surface area contributed by atoms with Gasteiger partial charge in [0.15, 0.2) is 0 Å². The molecule has 9 heteroatoms. The van der Waals surface area contributed by atoms with Gasteiger partial charge in [-0.2, -0.15) is 0 Å². The van der Waals surface area contributed by atoms with Crippen LogP contribution in [0.4, 0.5) is 17.3 Å². The molecule has 0 saturated carbocycles. The fourth-order valence-electron chi connectivity index (χ4n) is 1.04. The molecule has 0 fully saturated rings. The number of aromatic nitrogens is 1. The van der Waals surface area contributed by atoms with Crippen molar-refractivity contribution in [3.05, 3.63) is 22.2 Å². The summed E-state index contributed by atoms with van der Waals surface area (Å²) in [6.45, 7) is 0.194. The summed E-state index contributed by atoms with van der Waals surface area (Å²) in [5.74, 6) is -0.00594. The summed E-state index contributed by atoms with van der Waals surface area (Å²) in [5, 5.41) is 20.3. The lowest BCUT2D eigenvalue weighted by atomic mass is 10.3. The summed E-state index contributed by atoms with van der Waals surface area (Å²) in [5.41, 5.74) is 15.8. The van der Waals surface area contributed by atoms with Gasteiger partial charge in [-0.1, -0.05) is 0 Å². The van der Waals surface area contributed by atoms with Crippen molar-refractivity contribution >= 4 is 23.2 Å². The Balaban J connectivity index is 2.71. The van der Waals surface area contributed by atoms with Crippen LogP contribution in [0.1, 0.15) is 0 Å². The van der Waals surface area contributed by atoms with E-state index in [0.29, 0.717) is 5.82 Å². The first kappa shape index (κ1) is 12.6. The summed E-state index contributed by atoms with van der Waals surface area (Å²) in [6.07, 6.45) is 0. The zero-order chi connectivity index (χ0) is 13.0. The molecule has 0 aliphatic rings. The largest absolute Gasteiger partial charge is 0.386 e. The summed E-state index contributed by atoms with van der Waals surface area (Å²) >= 11 is 0. The number of nitrogens with two attached hydrogens (primary N) is 3. The molecule has 1 atom stereocenters. The molecule has 17 heavy (non-hydrogen) atoms. The van der Waals surface area contributed by atoms with E-state index < -0.39 is 11.0 Å². The van der Waals surface area contributed by atoms with Crippen molar-refractivity contribution in [3.63, 3.8) is 0 Å². The number of pyridine rings is 1. The van der Waals surface area contributed by atoms with Crippen molar-refractivity contribution in [2.45, 2.75) is 6.04 Å². The van der Waals surface area contributed by atoms with Crippen LogP contribution in [0.3, 0.4) is 0 Å². The molecule has 0 spiro atoms. The molecule has 1 rings (SSSR count). The van der Waals surface area contributed by atoms with Gasteiger partial charge in [-0.25, -0.2) is 4.98 Å². The van der Waals surface area contributed by atoms with Gasteiger partial charge in [0.1, 0.15) is 11.7 Å². The number of amidine groups is 1. The molecule has 1 aromatic rings. The molecule has 0 aliphatic carbocycles. The van der Waals surface area contributed by atoms with Crippen LogP contribution in [0.5, 0.6) is 0 Å². The first-order valence-corrected chi connectivity index (χ1v) is 4.66. The quantitative estimate of drug-likeness (QED) is 0.194. The number of anilines is 2. The van der Waals surface area contributed by atoms with Gasteiger partial charge in [0, 0.05) is 12.6 Å². The molecule has 1 heterocycles. The van der Waals surface area contributed by atoms with E-state index >= 15 is 0 Å². The maximum absolute atomic E-state index is 10.5. The lowest BCUT2D eigenvalue weighted by Crippen LogP contribution is -2.41. The third-order valence-electron chi connectivity index (χ3n) is 2.00. The van der Waals surface area contributed by atoms with E-state index in [9.17, 15) is 10.1 Å². The predicted molar refractivity (Wildman–Crippen MR) is 63.7 cm³/mol. The van der Waals surface area contributed by atoms with Crippen LogP contribution < -0.4 is 22.5 Å². The first-order valence-electron chi connectivity index (χ1n) is 4.66. The van der Waals surface area contributed by atoms with Gasteiger partial charge in [-0.3, -0.25) is 15.5 Å². The Kier molecular flexibility index (Phi) is 3.78. The van der Waals surface area contributed by atoms with Crippen molar-refractivity contribution in [3.8, 4) is 0 Å². The lowest BCUT2D eigenvalue weighted by molar-refractivity contribution is -0.384. The van der Waals surface area contributed by atoms with Crippen LogP contribution in [0.25, 0.3) is 0 Å². The molecule has 9 nitrogen and oxygen atoms in total. The second-order valence-corrected chi connectivity index (χ2v) is 3.30. The number of hydrogen-bond donors (Lipinski definition) is 5. The highest BCUT2D eigenvalue weighted by molar-refractivity contribution is 5.83. The third kappa shape index (κ3) is 3.28. The lowest BCUT2D eigenvalue weighted by Gasteiger charge is -2.11. The first-order chi connectivity index (χ1) is 7.91. The second-order valence-electron chi connectivity index (χ2n) is 3.30. The fraction of sp³-hybridized carbons (Fsp3) is 0.250. The molecule has 8 N–H and O–H groups in total. The van der Waals surface area contributed by atoms with Crippen LogP contribution in [0.2, 0.25) is 0 Å².